The van der Waals surface area contributed by atoms with Crippen LogP contribution in [0.25, 0.3) is 0 Å². The van der Waals surface area contributed by atoms with E-state index in [4.69, 9.17) is 5.11 Å². The molecular weight excluding hydrogens is 208 g/mol. The summed E-state index contributed by atoms with van der Waals surface area (Å²) in [6.45, 7) is 2.04. The number of unbranched alkanes of at least 4 members (excludes halogenated alkanes) is 2. The summed E-state index contributed by atoms with van der Waals surface area (Å²) in [5.74, 6) is -1.83. The van der Waals surface area contributed by atoms with Crippen molar-refractivity contribution in [2.45, 2.75) is 32.6 Å². The predicted molar refractivity (Wildman–Crippen MR) is 59.9 cm³/mol. The fourth-order valence-corrected chi connectivity index (χ4v) is 1.46. The zero-order valence-electron chi connectivity index (χ0n) is 9.23. The first-order valence-electron chi connectivity index (χ1n) is 5.35. The van der Waals surface area contributed by atoms with Crippen LogP contribution in [0.15, 0.2) is 12.1 Å². The molecule has 1 aromatic carbocycles. The van der Waals surface area contributed by atoms with Crippen LogP contribution >= 0.6 is 0 Å². The van der Waals surface area contributed by atoms with Gasteiger partial charge in [0.1, 0.15) is 0 Å². The molecule has 0 radical (unpaired) electrons. The zero-order chi connectivity index (χ0) is 12.1. The number of rotatable bonds is 5. The van der Waals surface area contributed by atoms with E-state index in [1.165, 1.54) is 12.1 Å². The molecule has 0 aliphatic rings. The SMILES string of the molecule is CCCCCC(=O)c1ccc(O)c(O)c1O. The van der Waals surface area contributed by atoms with E-state index in [1.54, 1.807) is 0 Å². The average Bonchev–Trinajstić information content (AvgIpc) is 2.26. The van der Waals surface area contributed by atoms with Crippen LogP contribution in [0.3, 0.4) is 0 Å². The molecule has 0 saturated heterocycles. The lowest BCUT2D eigenvalue weighted by Gasteiger charge is -2.06. The Morgan fingerprint density at radius 3 is 2.44 bits per heavy atom. The summed E-state index contributed by atoms with van der Waals surface area (Å²) < 4.78 is 0. The van der Waals surface area contributed by atoms with Gasteiger partial charge >= 0.3 is 0 Å². The highest BCUT2D eigenvalue weighted by molar-refractivity contribution is 5.99. The van der Waals surface area contributed by atoms with Gasteiger partial charge in [-0.3, -0.25) is 4.79 Å². The van der Waals surface area contributed by atoms with E-state index in [-0.39, 0.29) is 11.3 Å². The molecule has 4 heteroatoms. The first kappa shape index (κ1) is 12.4. The number of aromatic hydroxyl groups is 3. The van der Waals surface area contributed by atoms with Gasteiger partial charge < -0.3 is 15.3 Å². The van der Waals surface area contributed by atoms with Crippen molar-refractivity contribution in [3.05, 3.63) is 17.7 Å². The molecule has 0 aliphatic carbocycles. The van der Waals surface area contributed by atoms with Gasteiger partial charge in [-0.1, -0.05) is 19.8 Å². The molecule has 0 aromatic heterocycles. The number of carbonyl (C=O) groups is 1. The van der Waals surface area contributed by atoms with Crippen LogP contribution in [0.1, 0.15) is 43.0 Å². The predicted octanol–water partition coefficient (Wildman–Crippen LogP) is 2.57. The van der Waals surface area contributed by atoms with Crippen LogP contribution in [0.5, 0.6) is 17.2 Å². The fourth-order valence-electron chi connectivity index (χ4n) is 1.46. The highest BCUT2D eigenvalue weighted by Gasteiger charge is 2.16. The van der Waals surface area contributed by atoms with Crippen LogP contribution in [-0.4, -0.2) is 21.1 Å². The topological polar surface area (TPSA) is 77.8 Å². The molecular formula is C12H16O4. The molecule has 88 valence electrons. The molecule has 16 heavy (non-hydrogen) atoms. The van der Waals surface area contributed by atoms with Gasteiger partial charge in [0.15, 0.2) is 17.3 Å². The maximum absolute atomic E-state index is 11.7. The van der Waals surface area contributed by atoms with Gasteiger partial charge in [-0.15, -0.1) is 0 Å². The molecule has 1 rings (SSSR count). The fraction of sp³-hybridized carbons (Fsp3) is 0.417. The summed E-state index contributed by atoms with van der Waals surface area (Å²) in [6, 6.07) is 2.51. The minimum Gasteiger partial charge on any atom is -0.504 e. The van der Waals surface area contributed by atoms with E-state index in [9.17, 15) is 15.0 Å². The lowest BCUT2D eigenvalue weighted by Crippen LogP contribution is -1.99. The Balaban J connectivity index is 2.80. The standard InChI is InChI=1S/C12H16O4/c1-2-3-4-5-9(13)8-6-7-10(14)12(16)11(8)15/h6-7,14-16H,2-5H2,1H3. The Kier molecular flexibility index (Phi) is 4.17. The minimum absolute atomic E-state index is 0.0615. The Morgan fingerprint density at radius 1 is 1.12 bits per heavy atom. The van der Waals surface area contributed by atoms with Gasteiger partial charge in [0.2, 0.25) is 5.75 Å². The highest BCUT2D eigenvalue weighted by atomic mass is 16.3. The highest BCUT2D eigenvalue weighted by Crippen LogP contribution is 2.37. The molecule has 0 aliphatic heterocycles. The molecule has 0 saturated carbocycles. The quantitative estimate of drug-likeness (QED) is 0.408. The van der Waals surface area contributed by atoms with Crippen molar-refractivity contribution >= 4 is 5.78 Å². The van der Waals surface area contributed by atoms with E-state index < -0.39 is 17.2 Å². The number of phenols is 3. The number of phenolic OH excluding ortho intramolecular Hbond substituents is 3. The molecule has 0 spiro atoms. The smallest absolute Gasteiger partial charge is 0.201 e. The normalized spacial score (nSPS) is 10.3. The van der Waals surface area contributed by atoms with E-state index in [2.05, 4.69) is 0 Å². The average molecular weight is 224 g/mol. The maximum atomic E-state index is 11.7. The van der Waals surface area contributed by atoms with Gasteiger partial charge in [-0.2, -0.15) is 0 Å². The van der Waals surface area contributed by atoms with E-state index in [0.29, 0.717) is 6.42 Å². The summed E-state index contributed by atoms with van der Waals surface area (Å²) >= 11 is 0. The monoisotopic (exact) mass is 224 g/mol. The summed E-state index contributed by atoms with van der Waals surface area (Å²) in [4.78, 5) is 11.7. The first-order chi connectivity index (χ1) is 7.57. The first-order valence-corrected chi connectivity index (χ1v) is 5.35. The summed E-state index contributed by atoms with van der Waals surface area (Å²) in [6.07, 6.45) is 3.07. The zero-order valence-corrected chi connectivity index (χ0v) is 9.23. The second kappa shape index (κ2) is 5.39. The Bertz CT molecular complexity index is 385. The van der Waals surface area contributed by atoms with Crippen molar-refractivity contribution in [2.24, 2.45) is 0 Å². The minimum atomic E-state index is -0.638. The van der Waals surface area contributed by atoms with Crippen molar-refractivity contribution in [1.82, 2.24) is 0 Å². The molecule has 0 atom stereocenters. The third-order valence-corrected chi connectivity index (χ3v) is 2.44. The Labute approximate surface area is 94.2 Å². The van der Waals surface area contributed by atoms with Crippen molar-refractivity contribution < 1.29 is 20.1 Å². The van der Waals surface area contributed by atoms with Gasteiger partial charge in [-0.05, 0) is 18.6 Å². The van der Waals surface area contributed by atoms with Gasteiger partial charge in [0.05, 0.1) is 5.56 Å². The molecule has 0 amide bonds. The van der Waals surface area contributed by atoms with Crippen LogP contribution in [0, 0.1) is 0 Å². The molecule has 0 heterocycles. The van der Waals surface area contributed by atoms with Crippen LogP contribution < -0.4 is 0 Å². The van der Waals surface area contributed by atoms with Gasteiger partial charge in [-0.25, -0.2) is 0 Å². The molecule has 0 bridgehead atoms. The number of hydrogen-bond donors (Lipinski definition) is 3. The van der Waals surface area contributed by atoms with Crippen molar-refractivity contribution in [2.75, 3.05) is 0 Å². The molecule has 3 N–H and O–H groups in total. The number of benzene rings is 1. The van der Waals surface area contributed by atoms with Gasteiger partial charge in [0, 0.05) is 6.42 Å². The maximum Gasteiger partial charge on any atom is 0.201 e. The van der Waals surface area contributed by atoms with E-state index in [0.717, 1.165) is 19.3 Å². The number of Topliss-reactive ketones (excluding diaryl/α,β-unsaturated/α-hetero) is 1. The number of ketones is 1. The Morgan fingerprint density at radius 2 is 1.81 bits per heavy atom. The van der Waals surface area contributed by atoms with E-state index >= 15 is 0 Å². The molecule has 0 fully saturated rings. The van der Waals surface area contributed by atoms with Crippen LogP contribution in [0.4, 0.5) is 0 Å². The van der Waals surface area contributed by atoms with E-state index in [1.807, 2.05) is 6.92 Å². The molecule has 1 aromatic rings. The number of carbonyl (C=O) groups excluding carboxylic acids is 1. The largest absolute Gasteiger partial charge is 0.504 e. The van der Waals surface area contributed by atoms with Crippen molar-refractivity contribution in [3.8, 4) is 17.2 Å². The lowest BCUT2D eigenvalue weighted by molar-refractivity contribution is 0.0976. The summed E-state index contributed by atoms with van der Waals surface area (Å²) in [5, 5.41) is 27.8. The molecule has 4 nitrogen and oxygen atoms in total. The summed E-state index contributed by atoms with van der Waals surface area (Å²) in [7, 11) is 0. The molecule has 0 unspecified atom stereocenters. The summed E-state index contributed by atoms with van der Waals surface area (Å²) in [5.41, 5.74) is 0.0615. The van der Waals surface area contributed by atoms with Crippen LogP contribution in [-0.2, 0) is 0 Å². The van der Waals surface area contributed by atoms with Crippen molar-refractivity contribution in [1.29, 1.82) is 0 Å². The third kappa shape index (κ3) is 2.66. The third-order valence-electron chi connectivity index (χ3n) is 2.44. The Hall–Kier alpha value is -1.71. The van der Waals surface area contributed by atoms with Crippen LogP contribution in [0.2, 0.25) is 0 Å². The number of hydrogen-bond acceptors (Lipinski definition) is 4. The second-order valence-electron chi connectivity index (χ2n) is 3.71. The lowest BCUT2D eigenvalue weighted by atomic mass is 10.0. The van der Waals surface area contributed by atoms with Crippen molar-refractivity contribution in [3.63, 3.8) is 0 Å². The second-order valence-corrected chi connectivity index (χ2v) is 3.71. The van der Waals surface area contributed by atoms with Gasteiger partial charge in [0.25, 0.3) is 0 Å².